The number of hydrogen-bond donors (Lipinski definition) is 2. The molecule has 0 saturated heterocycles. The SMILES string of the molecule is Cc1nc(Nc2ccc(C(=O)O)cc2)sc1C. The molecule has 5 heteroatoms. The Morgan fingerprint density at radius 3 is 2.41 bits per heavy atom. The van der Waals surface area contributed by atoms with Crippen LogP contribution in [0.25, 0.3) is 0 Å². The summed E-state index contributed by atoms with van der Waals surface area (Å²) in [6.45, 7) is 3.98. The van der Waals surface area contributed by atoms with E-state index in [1.165, 1.54) is 4.88 Å². The van der Waals surface area contributed by atoms with Gasteiger partial charge in [0.1, 0.15) is 0 Å². The molecule has 2 N–H and O–H groups in total. The molecule has 0 amide bonds. The minimum Gasteiger partial charge on any atom is -0.478 e. The molecule has 0 radical (unpaired) electrons. The lowest BCUT2D eigenvalue weighted by Crippen LogP contribution is -1.96. The molecule has 0 saturated carbocycles. The summed E-state index contributed by atoms with van der Waals surface area (Å²) in [7, 11) is 0. The zero-order valence-corrected chi connectivity index (χ0v) is 10.3. The van der Waals surface area contributed by atoms with Crippen LogP contribution in [0.5, 0.6) is 0 Å². The predicted molar refractivity (Wildman–Crippen MR) is 68.3 cm³/mol. The Kier molecular flexibility index (Phi) is 3.10. The maximum Gasteiger partial charge on any atom is 0.335 e. The molecule has 17 heavy (non-hydrogen) atoms. The molecule has 0 spiro atoms. The summed E-state index contributed by atoms with van der Waals surface area (Å²) in [5.74, 6) is -0.919. The van der Waals surface area contributed by atoms with E-state index in [1.54, 1.807) is 35.6 Å². The Bertz CT molecular complexity index is 527. The summed E-state index contributed by atoms with van der Waals surface area (Å²) in [6, 6.07) is 6.60. The number of carboxylic acids is 1. The van der Waals surface area contributed by atoms with Crippen molar-refractivity contribution in [3.05, 3.63) is 40.4 Å². The van der Waals surface area contributed by atoms with E-state index in [9.17, 15) is 4.79 Å². The Morgan fingerprint density at radius 2 is 1.94 bits per heavy atom. The van der Waals surface area contributed by atoms with Crippen molar-refractivity contribution in [2.24, 2.45) is 0 Å². The molecule has 2 rings (SSSR count). The van der Waals surface area contributed by atoms with Gasteiger partial charge in [-0.15, -0.1) is 11.3 Å². The summed E-state index contributed by atoms with van der Waals surface area (Å²) in [6.07, 6.45) is 0. The van der Waals surface area contributed by atoms with Gasteiger partial charge in [0.05, 0.1) is 11.3 Å². The Labute approximate surface area is 103 Å². The first kappa shape index (κ1) is 11.6. The van der Waals surface area contributed by atoms with Crippen molar-refractivity contribution in [2.75, 3.05) is 5.32 Å². The second-order valence-electron chi connectivity index (χ2n) is 3.67. The zero-order valence-electron chi connectivity index (χ0n) is 9.52. The second-order valence-corrected chi connectivity index (χ2v) is 4.87. The third-order valence-corrected chi connectivity index (χ3v) is 3.40. The fourth-order valence-corrected chi connectivity index (χ4v) is 2.18. The number of benzene rings is 1. The highest BCUT2D eigenvalue weighted by molar-refractivity contribution is 7.15. The van der Waals surface area contributed by atoms with Gasteiger partial charge in [-0.3, -0.25) is 0 Å². The van der Waals surface area contributed by atoms with Crippen LogP contribution in [-0.2, 0) is 0 Å². The highest BCUT2D eigenvalue weighted by Crippen LogP contribution is 2.24. The second kappa shape index (κ2) is 4.55. The van der Waals surface area contributed by atoms with Crippen molar-refractivity contribution >= 4 is 28.1 Å². The van der Waals surface area contributed by atoms with E-state index in [0.29, 0.717) is 0 Å². The van der Waals surface area contributed by atoms with Gasteiger partial charge in [0.2, 0.25) is 0 Å². The molecule has 88 valence electrons. The molecule has 1 aromatic heterocycles. The predicted octanol–water partition coefficient (Wildman–Crippen LogP) is 3.20. The van der Waals surface area contributed by atoms with Crippen LogP contribution in [0.15, 0.2) is 24.3 Å². The number of rotatable bonds is 3. The number of hydrogen-bond acceptors (Lipinski definition) is 4. The van der Waals surface area contributed by atoms with Gasteiger partial charge < -0.3 is 10.4 Å². The van der Waals surface area contributed by atoms with Gasteiger partial charge >= 0.3 is 5.97 Å². The van der Waals surface area contributed by atoms with Crippen molar-refractivity contribution in [3.8, 4) is 0 Å². The third kappa shape index (κ3) is 2.62. The highest BCUT2D eigenvalue weighted by Gasteiger charge is 2.05. The zero-order chi connectivity index (χ0) is 12.4. The molecule has 0 aliphatic rings. The fraction of sp³-hybridized carbons (Fsp3) is 0.167. The Hall–Kier alpha value is -1.88. The molecule has 1 aromatic carbocycles. The van der Waals surface area contributed by atoms with Gasteiger partial charge in [-0.05, 0) is 38.1 Å². The standard InChI is InChI=1S/C12H12N2O2S/c1-7-8(2)17-12(13-7)14-10-5-3-9(4-6-10)11(15)16/h3-6H,1-2H3,(H,13,14)(H,15,16). The van der Waals surface area contributed by atoms with Crippen LogP contribution in [0.4, 0.5) is 10.8 Å². The number of aromatic nitrogens is 1. The van der Waals surface area contributed by atoms with Crippen molar-refractivity contribution in [3.63, 3.8) is 0 Å². The van der Waals surface area contributed by atoms with Gasteiger partial charge in [-0.2, -0.15) is 0 Å². The molecule has 0 atom stereocenters. The minimum absolute atomic E-state index is 0.280. The number of carboxylic acid groups (broad SMARTS) is 1. The van der Waals surface area contributed by atoms with Crippen LogP contribution >= 0.6 is 11.3 Å². The molecule has 0 bridgehead atoms. The average molecular weight is 248 g/mol. The van der Waals surface area contributed by atoms with E-state index < -0.39 is 5.97 Å². The van der Waals surface area contributed by atoms with Gasteiger partial charge in [-0.1, -0.05) is 0 Å². The molecule has 0 unspecified atom stereocenters. The average Bonchev–Trinajstić information content (AvgIpc) is 2.58. The van der Waals surface area contributed by atoms with E-state index in [0.717, 1.165) is 16.5 Å². The number of carbonyl (C=O) groups is 1. The van der Waals surface area contributed by atoms with Gasteiger partial charge in [0, 0.05) is 10.6 Å². The summed E-state index contributed by atoms with van der Waals surface area (Å²) < 4.78 is 0. The number of anilines is 2. The number of thiazole rings is 1. The summed E-state index contributed by atoms with van der Waals surface area (Å²) in [5, 5.41) is 12.7. The van der Waals surface area contributed by atoms with Crippen LogP contribution in [0.2, 0.25) is 0 Å². The molecule has 4 nitrogen and oxygen atoms in total. The number of aryl methyl sites for hydroxylation is 2. The molecular formula is C12H12N2O2S. The van der Waals surface area contributed by atoms with E-state index in [-0.39, 0.29) is 5.56 Å². The smallest absolute Gasteiger partial charge is 0.335 e. The maximum atomic E-state index is 10.7. The lowest BCUT2D eigenvalue weighted by Gasteiger charge is -2.02. The van der Waals surface area contributed by atoms with Crippen LogP contribution in [0, 0.1) is 13.8 Å². The van der Waals surface area contributed by atoms with Crippen LogP contribution in [0.1, 0.15) is 20.9 Å². The first-order valence-electron chi connectivity index (χ1n) is 5.10. The molecule has 1 heterocycles. The van der Waals surface area contributed by atoms with Gasteiger partial charge in [0.15, 0.2) is 5.13 Å². The molecule has 2 aromatic rings. The van der Waals surface area contributed by atoms with Crippen LogP contribution in [0.3, 0.4) is 0 Å². The minimum atomic E-state index is -0.919. The first-order chi connectivity index (χ1) is 8.06. The molecule has 0 aliphatic heterocycles. The maximum absolute atomic E-state index is 10.7. The quantitative estimate of drug-likeness (QED) is 0.875. The Morgan fingerprint density at radius 1 is 1.29 bits per heavy atom. The van der Waals surface area contributed by atoms with E-state index in [1.807, 2.05) is 13.8 Å². The normalized spacial score (nSPS) is 10.2. The lowest BCUT2D eigenvalue weighted by molar-refractivity contribution is 0.0697. The number of aromatic carboxylic acids is 1. The van der Waals surface area contributed by atoms with E-state index in [2.05, 4.69) is 10.3 Å². The molecule has 0 fully saturated rings. The number of nitrogens with zero attached hydrogens (tertiary/aromatic N) is 1. The van der Waals surface area contributed by atoms with Crippen molar-refractivity contribution in [1.29, 1.82) is 0 Å². The topological polar surface area (TPSA) is 62.2 Å². The van der Waals surface area contributed by atoms with Crippen LogP contribution in [-0.4, -0.2) is 16.1 Å². The highest BCUT2D eigenvalue weighted by atomic mass is 32.1. The monoisotopic (exact) mass is 248 g/mol. The van der Waals surface area contributed by atoms with Crippen molar-refractivity contribution in [2.45, 2.75) is 13.8 Å². The number of nitrogens with one attached hydrogen (secondary N) is 1. The van der Waals surface area contributed by atoms with E-state index in [4.69, 9.17) is 5.11 Å². The van der Waals surface area contributed by atoms with Gasteiger partial charge in [0.25, 0.3) is 0 Å². The van der Waals surface area contributed by atoms with E-state index >= 15 is 0 Å². The summed E-state index contributed by atoms with van der Waals surface area (Å²) in [5.41, 5.74) is 2.13. The fourth-order valence-electron chi connectivity index (χ4n) is 1.35. The third-order valence-electron chi connectivity index (χ3n) is 2.41. The van der Waals surface area contributed by atoms with Crippen LogP contribution < -0.4 is 5.32 Å². The summed E-state index contributed by atoms with van der Waals surface area (Å²) >= 11 is 1.58. The largest absolute Gasteiger partial charge is 0.478 e. The van der Waals surface area contributed by atoms with Gasteiger partial charge in [-0.25, -0.2) is 9.78 Å². The summed E-state index contributed by atoms with van der Waals surface area (Å²) in [4.78, 5) is 16.2. The Balaban J connectivity index is 2.16. The molecular weight excluding hydrogens is 236 g/mol. The van der Waals surface area contributed by atoms with Crippen molar-refractivity contribution < 1.29 is 9.90 Å². The molecule has 0 aliphatic carbocycles. The van der Waals surface area contributed by atoms with Crippen molar-refractivity contribution in [1.82, 2.24) is 4.98 Å². The lowest BCUT2D eigenvalue weighted by atomic mass is 10.2. The first-order valence-corrected chi connectivity index (χ1v) is 5.92.